The number of carbonyl (C=O) groups excluding carboxylic acids is 3. The van der Waals surface area contributed by atoms with Crippen LogP contribution in [0.1, 0.15) is 5.56 Å². The van der Waals surface area contributed by atoms with Gasteiger partial charge in [0.2, 0.25) is 17.7 Å². The average Bonchev–Trinajstić information content (AvgIpc) is 3.38. The van der Waals surface area contributed by atoms with Crippen LogP contribution in [-0.4, -0.2) is 34.7 Å². The van der Waals surface area contributed by atoms with Gasteiger partial charge >= 0.3 is 0 Å². The molecule has 0 spiro atoms. The Morgan fingerprint density at radius 2 is 1.59 bits per heavy atom. The molecule has 3 aliphatic rings. The summed E-state index contributed by atoms with van der Waals surface area (Å²) in [5.74, 6) is -3.82. The highest BCUT2D eigenvalue weighted by Gasteiger charge is 2.64. The van der Waals surface area contributed by atoms with Crippen LogP contribution in [0.4, 0.5) is 27.1 Å². The molecular weight excluding hydrogens is 479 g/mol. The van der Waals surface area contributed by atoms with E-state index >= 15 is 0 Å². The fourth-order valence-corrected chi connectivity index (χ4v) is 5.54. The molecule has 0 saturated carbocycles. The lowest BCUT2D eigenvalue weighted by Gasteiger charge is -2.36. The summed E-state index contributed by atoms with van der Waals surface area (Å²) in [5.41, 5.74) is 2.01. The molecule has 3 heterocycles. The number of non-ortho nitro benzene ring substituents is 1. The van der Waals surface area contributed by atoms with E-state index in [1.807, 2.05) is 41.3 Å². The van der Waals surface area contributed by atoms with Crippen molar-refractivity contribution in [2.75, 3.05) is 15.1 Å². The summed E-state index contributed by atoms with van der Waals surface area (Å²) in [6.45, 7) is 0. The average molecular weight is 498 g/mol. The molecule has 6 rings (SSSR count). The number of rotatable bonds is 4. The van der Waals surface area contributed by atoms with E-state index in [-0.39, 0.29) is 11.4 Å². The first kappa shape index (κ1) is 22.6. The number of fused-ring (bicyclic) bond motifs is 5. The topological polar surface area (TPSA) is 113 Å². The van der Waals surface area contributed by atoms with E-state index < -0.39 is 52.4 Å². The van der Waals surface area contributed by atoms with Crippen LogP contribution in [-0.2, 0) is 14.4 Å². The molecule has 4 atom stereocenters. The molecule has 2 saturated heterocycles. The summed E-state index contributed by atoms with van der Waals surface area (Å²) < 4.78 is 13.5. The van der Waals surface area contributed by atoms with Crippen molar-refractivity contribution >= 4 is 46.5 Å². The van der Waals surface area contributed by atoms with Crippen molar-refractivity contribution in [1.82, 2.24) is 0 Å². The van der Waals surface area contributed by atoms with Crippen molar-refractivity contribution in [2.24, 2.45) is 11.8 Å². The van der Waals surface area contributed by atoms with Gasteiger partial charge in [-0.05, 0) is 48.0 Å². The van der Waals surface area contributed by atoms with Crippen molar-refractivity contribution < 1.29 is 23.7 Å². The summed E-state index contributed by atoms with van der Waals surface area (Å²) in [5, 5.41) is 13.8. The first-order valence-corrected chi connectivity index (χ1v) is 11.6. The third-order valence-electron chi connectivity index (χ3n) is 7.11. The van der Waals surface area contributed by atoms with Gasteiger partial charge in [-0.3, -0.25) is 24.5 Å². The molecule has 3 amide bonds. The maximum atomic E-state index is 13.7. The first-order chi connectivity index (χ1) is 17.8. The van der Waals surface area contributed by atoms with Crippen LogP contribution >= 0.6 is 0 Å². The highest BCUT2D eigenvalue weighted by atomic mass is 19.1. The Morgan fingerprint density at radius 1 is 0.919 bits per heavy atom. The maximum Gasteiger partial charge on any atom is 0.269 e. The molecule has 0 aromatic heterocycles. The van der Waals surface area contributed by atoms with E-state index in [1.54, 1.807) is 0 Å². The second-order valence-electron chi connectivity index (χ2n) is 9.09. The second kappa shape index (κ2) is 8.37. The Bertz CT molecular complexity index is 1490. The number of anilines is 3. The van der Waals surface area contributed by atoms with Crippen LogP contribution in [0.2, 0.25) is 0 Å². The Labute approximate surface area is 209 Å². The quantitative estimate of drug-likeness (QED) is 0.333. The van der Waals surface area contributed by atoms with Gasteiger partial charge in [0.1, 0.15) is 11.9 Å². The number of amides is 3. The lowest BCUT2D eigenvalue weighted by atomic mass is 9.88. The summed E-state index contributed by atoms with van der Waals surface area (Å²) in [7, 11) is 0. The van der Waals surface area contributed by atoms with E-state index in [0.717, 1.165) is 16.2 Å². The molecule has 184 valence electrons. The number of nitrogens with one attached hydrogen (secondary N) is 1. The Hall–Kier alpha value is -4.86. The number of nitro benzene ring substituents is 1. The molecule has 0 radical (unpaired) electrons. The van der Waals surface area contributed by atoms with E-state index in [1.165, 1.54) is 48.5 Å². The van der Waals surface area contributed by atoms with Gasteiger partial charge in [0.05, 0.1) is 28.5 Å². The van der Waals surface area contributed by atoms with Crippen molar-refractivity contribution in [3.05, 3.63) is 100 Å². The van der Waals surface area contributed by atoms with Crippen molar-refractivity contribution in [3.8, 4) is 0 Å². The summed E-state index contributed by atoms with van der Waals surface area (Å²) in [4.78, 5) is 54.4. The molecule has 2 fully saturated rings. The number of nitrogens with zero attached hydrogens (tertiary/aromatic N) is 3. The molecule has 10 heteroatoms. The van der Waals surface area contributed by atoms with Gasteiger partial charge in [0.25, 0.3) is 5.69 Å². The molecule has 0 aliphatic carbocycles. The number of hydrogen-bond acceptors (Lipinski definition) is 6. The van der Waals surface area contributed by atoms with Crippen LogP contribution < -0.4 is 15.1 Å². The minimum Gasteiger partial charge on any atom is -0.351 e. The number of hydrogen-bond donors (Lipinski definition) is 1. The molecule has 3 aromatic rings. The third-order valence-corrected chi connectivity index (χ3v) is 7.11. The Balaban J connectivity index is 1.40. The van der Waals surface area contributed by atoms with Gasteiger partial charge in [-0.1, -0.05) is 30.4 Å². The van der Waals surface area contributed by atoms with Gasteiger partial charge in [0.15, 0.2) is 0 Å². The van der Waals surface area contributed by atoms with Gasteiger partial charge < -0.3 is 10.2 Å². The van der Waals surface area contributed by atoms with Crippen molar-refractivity contribution in [2.45, 2.75) is 12.1 Å². The summed E-state index contributed by atoms with van der Waals surface area (Å²) in [6.07, 6.45) is 3.71. The standard InChI is InChI=1S/C27H19FN4O5/c28-16-6-10-18(11-7-16)30-26(34)22-21-14-5-15-3-1-2-4-20(15)31(21)24(23(22)27(30)35)25(33)29-17-8-12-19(13-9-17)32(36)37/h1-14,21-24H,(H,29,33). The number of halogens is 1. The fraction of sp³-hybridized carbons (Fsp3) is 0.148. The van der Waals surface area contributed by atoms with Gasteiger partial charge in [-0.15, -0.1) is 0 Å². The zero-order valence-electron chi connectivity index (χ0n) is 19.2. The molecular formula is C27H19FN4O5. The van der Waals surface area contributed by atoms with Gasteiger partial charge in [0, 0.05) is 23.5 Å². The maximum absolute atomic E-state index is 13.7. The predicted molar refractivity (Wildman–Crippen MR) is 133 cm³/mol. The molecule has 9 nitrogen and oxygen atoms in total. The van der Waals surface area contributed by atoms with Crippen LogP contribution in [0.25, 0.3) is 6.08 Å². The zero-order valence-corrected chi connectivity index (χ0v) is 19.2. The van der Waals surface area contributed by atoms with Crippen LogP contribution in [0, 0.1) is 27.8 Å². The lowest BCUT2D eigenvalue weighted by molar-refractivity contribution is -0.384. The fourth-order valence-electron chi connectivity index (χ4n) is 5.54. The number of carbonyl (C=O) groups is 3. The van der Waals surface area contributed by atoms with E-state index in [0.29, 0.717) is 5.69 Å². The summed E-state index contributed by atoms with van der Waals surface area (Å²) >= 11 is 0. The zero-order chi connectivity index (χ0) is 25.8. The minimum absolute atomic E-state index is 0.124. The number of para-hydroxylation sites is 1. The number of imide groups is 1. The van der Waals surface area contributed by atoms with E-state index in [2.05, 4.69) is 5.32 Å². The van der Waals surface area contributed by atoms with E-state index in [9.17, 15) is 28.9 Å². The van der Waals surface area contributed by atoms with Crippen molar-refractivity contribution in [1.29, 1.82) is 0 Å². The van der Waals surface area contributed by atoms with Gasteiger partial charge in [-0.2, -0.15) is 0 Å². The largest absolute Gasteiger partial charge is 0.351 e. The first-order valence-electron chi connectivity index (χ1n) is 11.6. The van der Waals surface area contributed by atoms with Crippen LogP contribution in [0.5, 0.6) is 0 Å². The third kappa shape index (κ3) is 3.48. The lowest BCUT2D eigenvalue weighted by Crippen LogP contribution is -2.50. The van der Waals surface area contributed by atoms with Crippen molar-refractivity contribution in [3.63, 3.8) is 0 Å². The molecule has 3 aromatic carbocycles. The SMILES string of the molecule is O=C(Nc1ccc([N+](=O)[O-])cc1)C1C2C(=O)N(c3ccc(F)cc3)C(=O)C2C2C=Cc3ccccc3N21. The normalized spacial score (nSPS) is 23.5. The number of nitro groups is 1. The molecule has 3 aliphatic heterocycles. The van der Waals surface area contributed by atoms with E-state index in [4.69, 9.17) is 0 Å². The molecule has 1 N–H and O–H groups in total. The highest BCUT2D eigenvalue weighted by molar-refractivity contribution is 6.25. The van der Waals surface area contributed by atoms with Crippen LogP contribution in [0.15, 0.2) is 78.9 Å². The monoisotopic (exact) mass is 498 g/mol. The Kier molecular flexibility index (Phi) is 5.11. The minimum atomic E-state index is -1.03. The predicted octanol–water partition coefficient (Wildman–Crippen LogP) is 3.76. The molecule has 37 heavy (non-hydrogen) atoms. The van der Waals surface area contributed by atoms with Crippen LogP contribution in [0.3, 0.4) is 0 Å². The molecule has 4 unspecified atom stereocenters. The number of benzene rings is 3. The second-order valence-corrected chi connectivity index (χ2v) is 9.09. The van der Waals surface area contributed by atoms with Gasteiger partial charge in [-0.25, -0.2) is 9.29 Å². The highest BCUT2D eigenvalue weighted by Crippen LogP contribution is 2.49. The Morgan fingerprint density at radius 3 is 2.30 bits per heavy atom. The molecule has 0 bridgehead atoms. The summed E-state index contributed by atoms with van der Waals surface area (Å²) in [6, 6.07) is 16.3. The smallest absolute Gasteiger partial charge is 0.269 e.